The fraction of sp³-hybridized carbons (Fsp3) is 0.444. The van der Waals surface area contributed by atoms with Crippen molar-refractivity contribution in [2.24, 2.45) is 7.05 Å². The number of fused-ring (bicyclic) bond motifs is 1. The zero-order valence-electron chi connectivity index (χ0n) is 15.6. The van der Waals surface area contributed by atoms with Crippen molar-refractivity contribution in [2.75, 3.05) is 0 Å². The molecule has 7 nitrogen and oxygen atoms in total. The van der Waals surface area contributed by atoms with Crippen LogP contribution in [0.15, 0.2) is 12.1 Å². The Kier molecular flexibility index (Phi) is 4.16. The molecule has 1 aliphatic rings. The molecule has 0 atom stereocenters. The summed E-state index contributed by atoms with van der Waals surface area (Å²) in [5.74, 6) is -0.510. The van der Waals surface area contributed by atoms with E-state index in [4.69, 9.17) is 0 Å². The van der Waals surface area contributed by atoms with Crippen LogP contribution in [0.5, 0.6) is 0 Å². The van der Waals surface area contributed by atoms with E-state index in [-0.39, 0.29) is 23.8 Å². The van der Waals surface area contributed by atoms with Crippen LogP contribution in [0.3, 0.4) is 0 Å². The van der Waals surface area contributed by atoms with Crippen molar-refractivity contribution in [2.45, 2.75) is 45.3 Å². The molecule has 148 valence electrons. The summed E-state index contributed by atoms with van der Waals surface area (Å²) < 4.78 is 42.8. The number of halogens is 3. The fourth-order valence-corrected chi connectivity index (χ4v) is 3.23. The quantitative estimate of drug-likeness (QED) is 0.741. The first-order valence-corrected chi connectivity index (χ1v) is 8.90. The first-order chi connectivity index (χ1) is 13.1. The molecule has 0 aliphatic heterocycles. The number of amides is 1. The molecule has 28 heavy (non-hydrogen) atoms. The van der Waals surface area contributed by atoms with E-state index >= 15 is 0 Å². The third-order valence-corrected chi connectivity index (χ3v) is 5.05. The third kappa shape index (κ3) is 3.23. The van der Waals surface area contributed by atoms with Crippen LogP contribution in [0, 0.1) is 13.8 Å². The molecule has 1 N–H and O–H groups in total. The van der Waals surface area contributed by atoms with Gasteiger partial charge in [-0.15, -0.1) is 0 Å². The lowest BCUT2D eigenvalue weighted by Gasteiger charge is -2.10. The topological polar surface area (TPSA) is 77.1 Å². The molecule has 10 heteroatoms. The Morgan fingerprint density at radius 3 is 2.54 bits per heavy atom. The highest BCUT2D eigenvalue weighted by molar-refractivity contribution is 5.93. The van der Waals surface area contributed by atoms with Crippen molar-refractivity contribution in [3.05, 3.63) is 46.2 Å². The minimum atomic E-state index is -4.59. The molecule has 0 unspecified atom stereocenters. The molecule has 0 spiro atoms. The van der Waals surface area contributed by atoms with Gasteiger partial charge in [0.15, 0.2) is 11.3 Å². The summed E-state index contributed by atoms with van der Waals surface area (Å²) in [7, 11) is 1.80. The second kappa shape index (κ2) is 6.32. The van der Waals surface area contributed by atoms with Gasteiger partial charge in [-0.1, -0.05) is 0 Å². The lowest BCUT2D eigenvalue weighted by molar-refractivity contribution is -0.142. The third-order valence-electron chi connectivity index (χ3n) is 5.05. The zero-order valence-corrected chi connectivity index (χ0v) is 15.6. The Balaban J connectivity index is 1.64. The second-order valence-corrected chi connectivity index (χ2v) is 7.09. The smallest absolute Gasteiger partial charge is 0.346 e. The van der Waals surface area contributed by atoms with Crippen molar-refractivity contribution < 1.29 is 18.0 Å². The van der Waals surface area contributed by atoms with Crippen molar-refractivity contribution >= 4 is 11.6 Å². The first-order valence-electron chi connectivity index (χ1n) is 8.90. The van der Waals surface area contributed by atoms with Crippen molar-refractivity contribution in [1.29, 1.82) is 0 Å². The minimum Gasteiger partial charge on any atom is -0.346 e. The van der Waals surface area contributed by atoms with Gasteiger partial charge >= 0.3 is 6.18 Å². The minimum absolute atomic E-state index is 0.0237. The van der Waals surface area contributed by atoms with Gasteiger partial charge in [0.1, 0.15) is 5.69 Å². The predicted molar refractivity (Wildman–Crippen MR) is 93.8 cm³/mol. The van der Waals surface area contributed by atoms with E-state index < -0.39 is 17.8 Å². The van der Waals surface area contributed by atoms with Crippen LogP contribution in [0.25, 0.3) is 5.65 Å². The average Bonchev–Trinajstić information content (AvgIpc) is 3.32. The number of nitrogens with zero attached hydrogens (tertiary/aromatic N) is 5. The van der Waals surface area contributed by atoms with E-state index in [1.165, 1.54) is 6.07 Å². The molecular weight excluding hydrogens is 373 g/mol. The summed E-state index contributed by atoms with van der Waals surface area (Å²) in [5.41, 5.74) is 1.95. The van der Waals surface area contributed by atoms with Crippen LogP contribution >= 0.6 is 0 Å². The summed E-state index contributed by atoms with van der Waals surface area (Å²) in [4.78, 5) is 16.8. The average molecular weight is 392 g/mol. The van der Waals surface area contributed by atoms with Crippen molar-refractivity contribution in [1.82, 2.24) is 29.7 Å². The number of carbonyl (C=O) groups excluding carboxylic acids is 1. The monoisotopic (exact) mass is 392 g/mol. The van der Waals surface area contributed by atoms with Crippen LogP contribution in [0.1, 0.15) is 57.6 Å². The maximum atomic E-state index is 13.5. The van der Waals surface area contributed by atoms with Gasteiger partial charge in [-0.3, -0.25) is 9.48 Å². The summed E-state index contributed by atoms with van der Waals surface area (Å²) in [5, 5.41) is 10.8. The van der Waals surface area contributed by atoms with E-state index in [2.05, 4.69) is 20.5 Å². The van der Waals surface area contributed by atoms with Gasteiger partial charge < -0.3 is 5.32 Å². The van der Waals surface area contributed by atoms with Crippen LogP contribution in [0.4, 0.5) is 13.2 Å². The first kappa shape index (κ1) is 18.5. The van der Waals surface area contributed by atoms with Gasteiger partial charge in [-0.05, 0) is 32.8 Å². The summed E-state index contributed by atoms with van der Waals surface area (Å²) in [6.07, 6.45) is -2.94. The number of aryl methyl sites for hydroxylation is 2. The number of hydrogen-bond acceptors (Lipinski definition) is 4. The van der Waals surface area contributed by atoms with Crippen LogP contribution in [-0.2, 0) is 19.8 Å². The number of carbonyl (C=O) groups is 1. The largest absolute Gasteiger partial charge is 0.433 e. The number of rotatable bonds is 4. The van der Waals surface area contributed by atoms with Gasteiger partial charge in [0.05, 0.1) is 5.69 Å². The molecule has 1 amide bonds. The molecule has 3 aromatic heterocycles. The lowest BCUT2D eigenvalue weighted by atomic mass is 10.2. The van der Waals surface area contributed by atoms with Crippen LogP contribution in [-0.4, -0.2) is 30.3 Å². The zero-order chi connectivity index (χ0) is 20.2. The molecule has 1 fully saturated rings. The van der Waals surface area contributed by atoms with Gasteiger partial charge in [0.25, 0.3) is 5.91 Å². The Labute approximate surface area is 158 Å². The maximum Gasteiger partial charge on any atom is 0.433 e. The molecule has 3 heterocycles. The summed E-state index contributed by atoms with van der Waals surface area (Å²) in [6.45, 7) is 3.93. The Morgan fingerprint density at radius 2 is 1.96 bits per heavy atom. The van der Waals surface area contributed by atoms with E-state index in [1.807, 2.05) is 13.8 Å². The fourth-order valence-electron chi connectivity index (χ4n) is 3.23. The molecule has 0 aromatic carbocycles. The Morgan fingerprint density at radius 1 is 1.25 bits per heavy atom. The van der Waals surface area contributed by atoms with Crippen molar-refractivity contribution in [3.8, 4) is 0 Å². The van der Waals surface area contributed by atoms with E-state index in [9.17, 15) is 18.0 Å². The highest BCUT2D eigenvalue weighted by atomic mass is 19.4. The van der Waals surface area contributed by atoms with E-state index in [1.54, 1.807) is 11.7 Å². The molecule has 0 bridgehead atoms. The second-order valence-electron chi connectivity index (χ2n) is 7.09. The standard InChI is InChI=1S/C18H19F3N6O/c1-9-12(10(2)26(3)24-9)8-22-17(28)14-7-16-23-13(11-4-5-11)6-15(18(19,20)21)27(16)25-14/h6-7,11H,4-5,8H2,1-3H3,(H,22,28). The maximum absolute atomic E-state index is 13.5. The number of aromatic nitrogens is 5. The Bertz CT molecular complexity index is 1080. The molecule has 0 saturated heterocycles. The normalized spacial score (nSPS) is 14.6. The number of nitrogens with one attached hydrogen (secondary N) is 1. The highest BCUT2D eigenvalue weighted by Crippen LogP contribution is 2.41. The molecule has 1 saturated carbocycles. The van der Waals surface area contributed by atoms with Gasteiger partial charge in [0.2, 0.25) is 0 Å². The molecular formula is C18H19F3N6O. The molecule has 3 aromatic rings. The van der Waals surface area contributed by atoms with Crippen LogP contribution in [0.2, 0.25) is 0 Å². The van der Waals surface area contributed by atoms with Crippen LogP contribution < -0.4 is 5.32 Å². The summed E-state index contributed by atoms with van der Waals surface area (Å²) in [6, 6.07) is 2.32. The van der Waals surface area contributed by atoms with Gasteiger partial charge in [0, 0.05) is 42.5 Å². The van der Waals surface area contributed by atoms with Crippen molar-refractivity contribution in [3.63, 3.8) is 0 Å². The number of hydrogen-bond donors (Lipinski definition) is 1. The molecule has 1 aliphatic carbocycles. The summed E-state index contributed by atoms with van der Waals surface area (Å²) >= 11 is 0. The van der Waals surface area contributed by atoms with E-state index in [0.29, 0.717) is 10.2 Å². The molecule has 4 rings (SSSR count). The number of alkyl halides is 3. The van der Waals surface area contributed by atoms with Gasteiger partial charge in [-0.25, -0.2) is 9.50 Å². The van der Waals surface area contributed by atoms with Gasteiger partial charge in [-0.2, -0.15) is 23.4 Å². The van der Waals surface area contributed by atoms with E-state index in [0.717, 1.165) is 35.9 Å². The lowest BCUT2D eigenvalue weighted by Crippen LogP contribution is -2.24. The predicted octanol–water partition coefficient (Wildman–Crippen LogP) is 2.91. The molecule has 0 radical (unpaired) electrons. The Hall–Kier alpha value is -2.91. The highest BCUT2D eigenvalue weighted by Gasteiger charge is 2.37. The SMILES string of the molecule is Cc1nn(C)c(C)c1CNC(=O)c1cc2nc(C3CC3)cc(C(F)(F)F)n2n1.